The summed E-state index contributed by atoms with van der Waals surface area (Å²) < 4.78 is 1.97. The van der Waals surface area contributed by atoms with Crippen molar-refractivity contribution in [2.24, 2.45) is 12.0 Å². The Balaban J connectivity index is 0.00000288. The van der Waals surface area contributed by atoms with Crippen LogP contribution in [0.1, 0.15) is 22.9 Å². The molecule has 0 bridgehead atoms. The molecule has 0 spiro atoms. The van der Waals surface area contributed by atoms with Crippen LogP contribution in [-0.2, 0) is 20.1 Å². The third kappa shape index (κ3) is 6.98. The Labute approximate surface area is 169 Å². The topological polar surface area (TPSA) is 67.1 Å². The number of nitrogens with one attached hydrogen (secondary N) is 2. The van der Waals surface area contributed by atoms with Crippen LogP contribution >= 0.6 is 47.1 Å². The molecule has 0 atom stereocenters. The molecule has 2 aromatic rings. The summed E-state index contributed by atoms with van der Waals surface area (Å²) >= 11 is 3.60. The molecule has 2 rings (SSSR count). The van der Waals surface area contributed by atoms with E-state index in [-0.39, 0.29) is 24.0 Å². The molecule has 2 heterocycles. The molecule has 9 heteroatoms. The molecular formula is C15H25IN6S2. The molecule has 0 saturated carbocycles. The van der Waals surface area contributed by atoms with Crippen LogP contribution in [0.15, 0.2) is 22.5 Å². The lowest BCUT2D eigenvalue weighted by atomic mass is 10.4. The van der Waals surface area contributed by atoms with E-state index < -0.39 is 0 Å². The van der Waals surface area contributed by atoms with E-state index in [0.717, 1.165) is 42.9 Å². The smallest absolute Gasteiger partial charge is 0.192 e. The van der Waals surface area contributed by atoms with Gasteiger partial charge in [0.25, 0.3) is 0 Å². The van der Waals surface area contributed by atoms with Crippen LogP contribution in [0.3, 0.4) is 0 Å². The number of hydrogen-bond donors (Lipinski definition) is 2. The van der Waals surface area contributed by atoms with Gasteiger partial charge in [0.1, 0.15) is 12.4 Å². The minimum Gasteiger partial charge on any atom is -0.356 e. The standard InChI is InChI=1S/C15H24N6S2.HI/c1-12-19-20-14(21(12)2)11-18-15(16-7-5-8-22-3)17-10-13-6-4-9-23-13;/h4,6,9H,5,7-8,10-11H2,1-3H3,(H2,16,17,18);1H. The van der Waals surface area contributed by atoms with Gasteiger partial charge >= 0.3 is 0 Å². The van der Waals surface area contributed by atoms with Crippen molar-refractivity contribution in [3.8, 4) is 0 Å². The average molecular weight is 480 g/mol. The number of rotatable bonds is 8. The highest BCUT2D eigenvalue weighted by molar-refractivity contribution is 14.0. The second-order valence-corrected chi connectivity index (χ2v) is 7.11. The summed E-state index contributed by atoms with van der Waals surface area (Å²) in [6, 6.07) is 4.18. The van der Waals surface area contributed by atoms with E-state index in [4.69, 9.17) is 0 Å². The Morgan fingerprint density at radius 3 is 2.83 bits per heavy atom. The van der Waals surface area contributed by atoms with Crippen molar-refractivity contribution in [2.75, 3.05) is 18.6 Å². The van der Waals surface area contributed by atoms with Crippen LogP contribution in [-0.4, -0.2) is 39.3 Å². The number of guanidine groups is 1. The summed E-state index contributed by atoms with van der Waals surface area (Å²) in [5, 5.41) is 17.1. The SMILES string of the molecule is CSCCCNC(=NCc1nnc(C)n1C)NCc1cccs1.I. The lowest BCUT2D eigenvalue weighted by molar-refractivity contribution is 0.747. The molecule has 2 aromatic heterocycles. The molecule has 0 aliphatic rings. The molecule has 24 heavy (non-hydrogen) atoms. The zero-order valence-corrected chi connectivity index (χ0v) is 18.2. The van der Waals surface area contributed by atoms with Gasteiger partial charge in [-0.05, 0) is 36.8 Å². The number of aliphatic imine (C=N–C) groups is 1. The molecular weight excluding hydrogens is 455 g/mol. The lowest BCUT2D eigenvalue weighted by Gasteiger charge is -2.12. The maximum Gasteiger partial charge on any atom is 0.192 e. The van der Waals surface area contributed by atoms with Gasteiger partial charge in [-0.3, -0.25) is 0 Å². The normalized spacial score (nSPS) is 11.2. The van der Waals surface area contributed by atoms with Crippen LogP contribution in [0.5, 0.6) is 0 Å². The molecule has 0 amide bonds. The van der Waals surface area contributed by atoms with Gasteiger partial charge in [-0.2, -0.15) is 11.8 Å². The van der Waals surface area contributed by atoms with E-state index in [9.17, 15) is 0 Å². The largest absolute Gasteiger partial charge is 0.356 e. The first-order chi connectivity index (χ1) is 11.2. The zero-order chi connectivity index (χ0) is 16.5. The van der Waals surface area contributed by atoms with Crippen molar-refractivity contribution in [2.45, 2.75) is 26.4 Å². The highest BCUT2D eigenvalue weighted by Gasteiger charge is 2.05. The van der Waals surface area contributed by atoms with Gasteiger partial charge in [-0.15, -0.1) is 45.5 Å². The van der Waals surface area contributed by atoms with Crippen molar-refractivity contribution < 1.29 is 0 Å². The number of nitrogens with zero attached hydrogens (tertiary/aromatic N) is 4. The van der Waals surface area contributed by atoms with E-state index >= 15 is 0 Å². The van der Waals surface area contributed by atoms with E-state index in [2.05, 4.69) is 49.6 Å². The monoisotopic (exact) mass is 480 g/mol. The molecule has 0 fully saturated rings. The molecule has 2 N–H and O–H groups in total. The average Bonchev–Trinajstić information content (AvgIpc) is 3.18. The van der Waals surface area contributed by atoms with Crippen molar-refractivity contribution in [1.29, 1.82) is 0 Å². The van der Waals surface area contributed by atoms with E-state index in [1.54, 1.807) is 11.3 Å². The van der Waals surface area contributed by atoms with Gasteiger partial charge < -0.3 is 15.2 Å². The van der Waals surface area contributed by atoms with Crippen molar-refractivity contribution in [3.63, 3.8) is 0 Å². The van der Waals surface area contributed by atoms with Crippen molar-refractivity contribution in [1.82, 2.24) is 25.4 Å². The summed E-state index contributed by atoms with van der Waals surface area (Å²) in [5.41, 5.74) is 0. The Bertz CT molecular complexity index is 612. The molecule has 0 unspecified atom stereocenters. The minimum atomic E-state index is 0. The van der Waals surface area contributed by atoms with Crippen molar-refractivity contribution >= 4 is 53.0 Å². The summed E-state index contributed by atoms with van der Waals surface area (Å²) in [6.07, 6.45) is 3.24. The Morgan fingerprint density at radius 1 is 1.38 bits per heavy atom. The van der Waals surface area contributed by atoms with Crippen LogP contribution in [0, 0.1) is 6.92 Å². The zero-order valence-electron chi connectivity index (χ0n) is 14.3. The van der Waals surface area contributed by atoms with E-state index in [1.807, 2.05) is 30.3 Å². The summed E-state index contributed by atoms with van der Waals surface area (Å²) in [7, 11) is 1.96. The second-order valence-electron chi connectivity index (χ2n) is 5.09. The number of aromatic nitrogens is 3. The van der Waals surface area contributed by atoms with Gasteiger partial charge in [-0.25, -0.2) is 4.99 Å². The maximum atomic E-state index is 4.63. The molecule has 0 aromatic carbocycles. The minimum absolute atomic E-state index is 0. The predicted octanol–water partition coefficient (Wildman–Crippen LogP) is 2.79. The van der Waals surface area contributed by atoms with Gasteiger partial charge in [0.15, 0.2) is 11.8 Å². The van der Waals surface area contributed by atoms with Gasteiger partial charge in [-0.1, -0.05) is 6.07 Å². The maximum absolute atomic E-state index is 4.63. The third-order valence-electron chi connectivity index (χ3n) is 3.39. The number of aryl methyl sites for hydroxylation is 1. The molecule has 6 nitrogen and oxygen atoms in total. The first-order valence-corrected chi connectivity index (χ1v) is 9.86. The summed E-state index contributed by atoms with van der Waals surface area (Å²) in [4.78, 5) is 5.92. The Morgan fingerprint density at radius 2 is 2.21 bits per heavy atom. The molecule has 134 valence electrons. The number of thiophene rings is 1. The third-order valence-corrected chi connectivity index (χ3v) is 4.96. The van der Waals surface area contributed by atoms with E-state index in [0.29, 0.717) is 6.54 Å². The fraction of sp³-hybridized carbons (Fsp3) is 0.533. The van der Waals surface area contributed by atoms with Crippen LogP contribution in [0.4, 0.5) is 0 Å². The van der Waals surface area contributed by atoms with Gasteiger partial charge in [0.2, 0.25) is 0 Å². The van der Waals surface area contributed by atoms with Crippen LogP contribution in [0.25, 0.3) is 0 Å². The molecule has 0 aliphatic heterocycles. The second kappa shape index (κ2) is 11.7. The lowest BCUT2D eigenvalue weighted by Crippen LogP contribution is -2.37. The number of thioether (sulfide) groups is 1. The van der Waals surface area contributed by atoms with Gasteiger partial charge in [0, 0.05) is 18.5 Å². The van der Waals surface area contributed by atoms with Gasteiger partial charge in [0.05, 0.1) is 6.54 Å². The highest BCUT2D eigenvalue weighted by Crippen LogP contribution is 2.07. The first-order valence-electron chi connectivity index (χ1n) is 7.59. The number of halogens is 1. The van der Waals surface area contributed by atoms with Crippen LogP contribution < -0.4 is 10.6 Å². The summed E-state index contributed by atoms with van der Waals surface area (Å²) in [5.74, 6) is 3.73. The Hall–Kier alpha value is -0.810. The number of hydrogen-bond acceptors (Lipinski definition) is 5. The fourth-order valence-electron chi connectivity index (χ4n) is 1.92. The quantitative estimate of drug-likeness (QED) is 0.263. The highest BCUT2D eigenvalue weighted by atomic mass is 127. The summed E-state index contributed by atoms with van der Waals surface area (Å²) in [6.45, 7) is 4.15. The predicted molar refractivity (Wildman–Crippen MR) is 114 cm³/mol. The molecule has 0 saturated heterocycles. The fourth-order valence-corrected chi connectivity index (χ4v) is 3.00. The molecule has 0 aliphatic carbocycles. The van der Waals surface area contributed by atoms with Crippen LogP contribution in [0.2, 0.25) is 0 Å². The van der Waals surface area contributed by atoms with E-state index in [1.165, 1.54) is 4.88 Å². The molecule has 0 radical (unpaired) electrons. The first kappa shape index (κ1) is 21.2. The van der Waals surface area contributed by atoms with Crippen molar-refractivity contribution in [3.05, 3.63) is 34.0 Å². The Kier molecular flexibility index (Phi) is 10.3.